The first-order chi connectivity index (χ1) is 12.0. The van der Waals surface area contributed by atoms with Crippen LogP contribution < -0.4 is 4.74 Å². The Hall–Kier alpha value is -2.53. The number of methoxy groups -OCH3 is 1. The summed E-state index contributed by atoms with van der Waals surface area (Å²) in [5, 5.41) is 0. The smallest absolute Gasteiger partial charge is 0.268 e. The Morgan fingerprint density at radius 1 is 0.920 bits per heavy atom. The van der Waals surface area contributed by atoms with Crippen molar-refractivity contribution in [2.45, 2.75) is 24.8 Å². The molecule has 0 aliphatic carbocycles. The van der Waals surface area contributed by atoms with Gasteiger partial charge in [0.25, 0.3) is 11.8 Å². The number of benzene rings is 2. The molecule has 0 bridgehead atoms. The van der Waals surface area contributed by atoms with E-state index in [2.05, 4.69) is 0 Å². The summed E-state index contributed by atoms with van der Waals surface area (Å²) in [6, 6.07) is 16.7. The first kappa shape index (κ1) is 17.3. The summed E-state index contributed by atoms with van der Waals surface area (Å²) in [7, 11) is 1.56. The molecule has 4 nitrogen and oxygen atoms in total. The van der Waals surface area contributed by atoms with Crippen LogP contribution in [0, 0.1) is 0 Å². The monoisotopic (exact) mass is 353 g/mol. The molecule has 0 saturated heterocycles. The van der Waals surface area contributed by atoms with E-state index >= 15 is 0 Å². The number of thioether (sulfide) groups is 1. The third-order valence-corrected chi connectivity index (χ3v) is 5.02. The zero-order valence-electron chi connectivity index (χ0n) is 14.4. The zero-order chi connectivity index (χ0) is 18.0. The molecule has 5 heteroatoms. The molecule has 2 amide bonds. The molecule has 128 valence electrons. The number of hydrogen-bond donors (Lipinski definition) is 0. The fraction of sp³-hybridized carbons (Fsp3) is 0.200. The number of hydrogen-bond acceptors (Lipinski definition) is 4. The molecule has 0 atom stereocenters. The highest BCUT2D eigenvalue weighted by molar-refractivity contribution is 8.04. The van der Waals surface area contributed by atoms with E-state index in [-0.39, 0.29) is 17.9 Å². The Labute approximate surface area is 151 Å². The van der Waals surface area contributed by atoms with Gasteiger partial charge >= 0.3 is 0 Å². The molecule has 1 aliphatic heterocycles. The average molecular weight is 353 g/mol. The standard InChI is InChI=1S/C20H19NO3S/c1-13(2)21-19(22)17(15-11-7-8-12-16(15)24-3)18(20(21)23)25-14-9-5-4-6-10-14/h4-13H,1-3H3. The van der Waals surface area contributed by atoms with Crippen molar-refractivity contribution in [2.75, 3.05) is 7.11 Å². The number of rotatable bonds is 5. The molecule has 0 saturated carbocycles. The van der Waals surface area contributed by atoms with Crippen LogP contribution in [0.25, 0.3) is 5.57 Å². The van der Waals surface area contributed by atoms with Gasteiger partial charge in [0, 0.05) is 16.5 Å². The van der Waals surface area contributed by atoms with Crippen LogP contribution >= 0.6 is 11.8 Å². The Balaban J connectivity index is 2.16. The average Bonchev–Trinajstić information content (AvgIpc) is 2.86. The van der Waals surface area contributed by atoms with Crippen LogP contribution in [0.2, 0.25) is 0 Å². The number of ether oxygens (including phenoxy) is 1. The van der Waals surface area contributed by atoms with E-state index in [0.717, 1.165) is 4.90 Å². The van der Waals surface area contributed by atoms with Crippen LogP contribution in [0.4, 0.5) is 0 Å². The highest BCUT2D eigenvalue weighted by Crippen LogP contribution is 2.42. The van der Waals surface area contributed by atoms with E-state index in [1.807, 2.05) is 62.4 Å². The maximum Gasteiger partial charge on any atom is 0.268 e. The van der Waals surface area contributed by atoms with Gasteiger partial charge in [0.05, 0.1) is 17.6 Å². The lowest BCUT2D eigenvalue weighted by molar-refractivity contribution is -0.138. The van der Waals surface area contributed by atoms with Gasteiger partial charge in [-0.1, -0.05) is 48.2 Å². The Kier molecular flexibility index (Phi) is 4.95. The van der Waals surface area contributed by atoms with Gasteiger partial charge in [-0.3, -0.25) is 14.5 Å². The highest BCUT2D eigenvalue weighted by atomic mass is 32.2. The molecule has 2 aromatic rings. The van der Waals surface area contributed by atoms with E-state index < -0.39 is 0 Å². The quantitative estimate of drug-likeness (QED) is 0.763. The summed E-state index contributed by atoms with van der Waals surface area (Å²) in [6.07, 6.45) is 0. The summed E-state index contributed by atoms with van der Waals surface area (Å²) >= 11 is 1.32. The molecule has 0 aromatic heterocycles. The van der Waals surface area contributed by atoms with E-state index in [4.69, 9.17) is 4.74 Å². The van der Waals surface area contributed by atoms with Crippen molar-refractivity contribution in [2.24, 2.45) is 0 Å². The number of para-hydroxylation sites is 1. The normalized spacial score (nSPS) is 14.6. The molecule has 0 spiro atoms. The van der Waals surface area contributed by atoms with Gasteiger partial charge in [-0.05, 0) is 32.0 Å². The zero-order valence-corrected chi connectivity index (χ0v) is 15.2. The lowest BCUT2D eigenvalue weighted by Gasteiger charge is -2.19. The number of amides is 2. The van der Waals surface area contributed by atoms with Crippen LogP contribution in [-0.2, 0) is 9.59 Å². The third-order valence-electron chi connectivity index (χ3n) is 3.93. The summed E-state index contributed by atoms with van der Waals surface area (Å²) in [5.41, 5.74) is 1.05. The molecule has 0 unspecified atom stereocenters. The third kappa shape index (κ3) is 3.20. The second-order valence-corrected chi connectivity index (χ2v) is 6.98. The van der Waals surface area contributed by atoms with Crippen LogP contribution in [0.15, 0.2) is 64.4 Å². The Morgan fingerprint density at radius 3 is 2.20 bits per heavy atom. The lowest BCUT2D eigenvalue weighted by Crippen LogP contribution is -2.37. The molecule has 0 N–H and O–H groups in total. The van der Waals surface area contributed by atoms with Crippen LogP contribution in [-0.4, -0.2) is 29.9 Å². The predicted octanol–water partition coefficient (Wildman–Crippen LogP) is 3.98. The topological polar surface area (TPSA) is 46.6 Å². The van der Waals surface area contributed by atoms with Crippen LogP contribution in [0.1, 0.15) is 19.4 Å². The minimum Gasteiger partial charge on any atom is -0.496 e. The van der Waals surface area contributed by atoms with Gasteiger partial charge in [-0.15, -0.1) is 0 Å². The predicted molar refractivity (Wildman–Crippen MR) is 99.2 cm³/mol. The molecule has 25 heavy (non-hydrogen) atoms. The minimum atomic E-state index is -0.275. The van der Waals surface area contributed by atoms with Gasteiger partial charge in [0.1, 0.15) is 5.75 Å². The molecule has 0 fully saturated rings. The lowest BCUT2D eigenvalue weighted by atomic mass is 10.0. The van der Waals surface area contributed by atoms with E-state index in [9.17, 15) is 9.59 Å². The summed E-state index contributed by atoms with van der Waals surface area (Å²) in [4.78, 5) is 28.6. The number of nitrogens with zero attached hydrogens (tertiary/aromatic N) is 1. The Bertz CT molecular complexity index is 843. The fourth-order valence-electron chi connectivity index (χ4n) is 2.78. The van der Waals surface area contributed by atoms with E-state index in [0.29, 0.717) is 21.8 Å². The molecular weight excluding hydrogens is 334 g/mol. The van der Waals surface area contributed by atoms with Crippen molar-refractivity contribution >= 4 is 29.1 Å². The molecular formula is C20H19NO3S. The molecule has 2 aromatic carbocycles. The number of carbonyl (C=O) groups excluding carboxylic acids is 2. The van der Waals surface area contributed by atoms with E-state index in [1.165, 1.54) is 16.7 Å². The van der Waals surface area contributed by atoms with Crippen molar-refractivity contribution in [3.05, 3.63) is 65.1 Å². The summed E-state index contributed by atoms with van der Waals surface area (Å²) in [5.74, 6) is 0.0492. The van der Waals surface area contributed by atoms with Gasteiger partial charge in [0.15, 0.2) is 0 Å². The molecule has 1 heterocycles. The number of imide groups is 1. The maximum absolute atomic E-state index is 13.0. The van der Waals surface area contributed by atoms with Gasteiger partial charge < -0.3 is 4.74 Å². The largest absolute Gasteiger partial charge is 0.496 e. The van der Waals surface area contributed by atoms with Crippen molar-refractivity contribution < 1.29 is 14.3 Å². The van der Waals surface area contributed by atoms with Crippen molar-refractivity contribution in [3.63, 3.8) is 0 Å². The van der Waals surface area contributed by atoms with Gasteiger partial charge in [0.2, 0.25) is 0 Å². The second kappa shape index (κ2) is 7.15. The highest BCUT2D eigenvalue weighted by Gasteiger charge is 2.41. The Morgan fingerprint density at radius 2 is 1.56 bits per heavy atom. The minimum absolute atomic E-state index is 0.210. The van der Waals surface area contributed by atoms with Crippen LogP contribution in [0.5, 0.6) is 5.75 Å². The molecule has 1 aliphatic rings. The SMILES string of the molecule is COc1ccccc1C1=C(Sc2ccccc2)C(=O)N(C(C)C)C1=O. The van der Waals surface area contributed by atoms with Crippen LogP contribution in [0.3, 0.4) is 0 Å². The first-order valence-corrected chi connectivity index (χ1v) is 8.84. The number of carbonyl (C=O) groups is 2. The second-order valence-electron chi connectivity index (χ2n) is 5.89. The summed E-state index contributed by atoms with van der Waals surface area (Å²) < 4.78 is 5.41. The van der Waals surface area contributed by atoms with E-state index in [1.54, 1.807) is 13.2 Å². The fourth-order valence-corrected chi connectivity index (χ4v) is 3.80. The maximum atomic E-state index is 13.0. The summed E-state index contributed by atoms with van der Waals surface area (Å²) in [6.45, 7) is 3.68. The van der Waals surface area contributed by atoms with Crippen molar-refractivity contribution in [1.82, 2.24) is 4.90 Å². The molecule has 3 rings (SSSR count). The van der Waals surface area contributed by atoms with Crippen molar-refractivity contribution in [1.29, 1.82) is 0 Å². The van der Waals surface area contributed by atoms with Gasteiger partial charge in [-0.2, -0.15) is 0 Å². The van der Waals surface area contributed by atoms with Gasteiger partial charge in [-0.25, -0.2) is 0 Å². The first-order valence-electron chi connectivity index (χ1n) is 8.03. The molecule has 0 radical (unpaired) electrons. The van der Waals surface area contributed by atoms with Crippen molar-refractivity contribution in [3.8, 4) is 5.75 Å².